The first-order valence-corrected chi connectivity index (χ1v) is 12.8. The number of hydrogen-bond donors (Lipinski definition) is 2. The fourth-order valence-corrected chi connectivity index (χ4v) is 5.92. The molecule has 0 aromatic carbocycles. The number of hydrogen-bond acceptors (Lipinski definition) is 7. The number of ether oxygens (including phenoxy) is 3. The van der Waals surface area contributed by atoms with Crippen LogP contribution in [0.15, 0.2) is 47.1 Å². The minimum atomic E-state index is -0.602. The van der Waals surface area contributed by atoms with Crippen molar-refractivity contribution in [3.8, 4) is 0 Å². The van der Waals surface area contributed by atoms with Crippen LogP contribution in [0.5, 0.6) is 0 Å². The van der Waals surface area contributed by atoms with Crippen LogP contribution in [0, 0.1) is 23.7 Å². The van der Waals surface area contributed by atoms with Gasteiger partial charge in [0.05, 0.1) is 31.5 Å². The fourth-order valence-electron chi connectivity index (χ4n) is 5.92. The third kappa shape index (κ3) is 7.14. The molecule has 0 bridgehead atoms. The highest BCUT2D eigenvalue weighted by molar-refractivity contribution is 5.37. The predicted molar refractivity (Wildman–Crippen MR) is 133 cm³/mol. The van der Waals surface area contributed by atoms with E-state index in [1.165, 1.54) is 5.57 Å². The minimum Gasteiger partial charge on any atom is -0.464 e. The summed E-state index contributed by atoms with van der Waals surface area (Å²) >= 11 is 0. The summed E-state index contributed by atoms with van der Waals surface area (Å²) in [7, 11) is 0. The number of aliphatic hydroxyl groups excluding tert-OH is 1. The summed E-state index contributed by atoms with van der Waals surface area (Å²) in [5, 5.41) is 20.3. The smallest absolute Gasteiger partial charge is 0.293 e. The quantitative estimate of drug-likeness (QED) is 0.211. The van der Waals surface area contributed by atoms with E-state index in [2.05, 4.69) is 19.1 Å². The van der Waals surface area contributed by atoms with Gasteiger partial charge in [-0.15, -0.1) is 0 Å². The van der Waals surface area contributed by atoms with E-state index in [1.807, 2.05) is 45.9 Å². The first-order chi connectivity index (χ1) is 16.7. The molecule has 3 aliphatic rings. The lowest BCUT2D eigenvalue weighted by Gasteiger charge is -2.43. The molecule has 2 heterocycles. The summed E-state index contributed by atoms with van der Waals surface area (Å²) in [5.74, 6) is 0.605. The highest BCUT2D eigenvalue weighted by Crippen LogP contribution is 2.42. The monoisotopic (exact) mass is 490 g/mol. The van der Waals surface area contributed by atoms with Crippen molar-refractivity contribution >= 4 is 6.47 Å². The van der Waals surface area contributed by atoms with Gasteiger partial charge >= 0.3 is 0 Å². The molecule has 9 atom stereocenters. The lowest BCUT2D eigenvalue weighted by atomic mass is 9.68. The summed E-state index contributed by atoms with van der Waals surface area (Å²) in [4.78, 5) is 15.5. The molecule has 7 heteroatoms. The molecule has 2 N–H and O–H groups in total. The number of carbonyl (C=O) groups excluding carboxylic acids is 1. The zero-order chi connectivity index (χ0) is 25.5. The van der Waals surface area contributed by atoms with Gasteiger partial charge in [-0.1, -0.05) is 44.2 Å². The van der Waals surface area contributed by atoms with Gasteiger partial charge in [-0.25, -0.2) is 4.89 Å². The second-order valence-corrected chi connectivity index (χ2v) is 10.5. The van der Waals surface area contributed by atoms with Gasteiger partial charge in [0.1, 0.15) is 12.2 Å². The summed E-state index contributed by atoms with van der Waals surface area (Å²) in [6.07, 6.45) is 11.3. The number of fused-ring (bicyclic) bond motifs is 1. The molecule has 0 aromatic heterocycles. The Morgan fingerprint density at radius 2 is 2.09 bits per heavy atom. The third-order valence-electron chi connectivity index (χ3n) is 7.70. The Hall–Kier alpha value is -1.77. The van der Waals surface area contributed by atoms with Crippen molar-refractivity contribution < 1.29 is 34.3 Å². The van der Waals surface area contributed by atoms with E-state index in [9.17, 15) is 15.2 Å². The maximum absolute atomic E-state index is 10.8. The number of rotatable bonds is 9. The Kier molecular flexibility index (Phi) is 10.3. The lowest BCUT2D eigenvalue weighted by molar-refractivity contribution is -0.289. The number of carbonyl (C=O) groups is 1. The van der Waals surface area contributed by atoms with Crippen LogP contribution >= 0.6 is 0 Å². The molecule has 0 spiro atoms. The molecule has 0 saturated carbocycles. The molecule has 3 rings (SSSR count). The predicted octanol–water partition coefficient (Wildman–Crippen LogP) is 4.63. The molecule has 7 nitrogen and oxygen atoms in total. The molecule has 7 unspecified atom stereocenters. The van der Waals surface area contributed by atoms with Crippen LogP contribution in [0.3, 0.4) is 0 Å². The third-order valence-corrected chi connectivity index (χ3v) is 7.70. The topological polar surface area (TPSA) is 94.5 Å². The van der Waals surface area contributed by atoms with E-state index < -0.39 is 6.10 Å². The minimum absolute atomic E-state index is 0.0254. The van der Waals surface area contributed by atoms with E-state index in [0.29, 0.717) is 44.9 Å². The Morgan fingerprint density at radius 3 is 2.80 bits per heavy atom. The SMILES string of the molecule is CC1=CC(C)C2/C(=C/C=C/[C@H](C)[C@H](O)/C(C)=C/CC3CC(OC=O)CC(C)O3)COCC2C1OO. The van der Waals surface area contributed by atoms with Crippen molar-refractivity contribution in [1.82, 2.24) is 0 Å². The Balaban J connectivity index is 1.59. The Bertz CT molecular complexity index is 829. The summed E-state index contributed by atoms with van der Waals surface area (Å²) in [5.41, 5.74) is 3.12. The maximum atomic E-state index is 10.8. The first kappa shape index (κ1) is 27.8. The van der Waals surface area contributed by atoms with E-state index in [4.69, 9.17) is 19.1 Å². The molecular formula is C28H42O7. The van der Waals surface area contributed by atoms with E-state index in [0.717, 1.165) is 11.1 Å². The summed E-state index contributed by atoms with van der Waals surface area (Å²) < 4.78 is 17.0. The highest BCUT2D eigenvalue weighted by Gasteiger charge is 2.42. The van der Waals surface area contributed by atoms with Crippen molar-refractivity contribution in [3.05, 3.63) is 47.1 Å². The highest BCUT2D eigenvalue weighted by atomic mass is 17.1. The van der Waals surface area contributed by atoms with Crippen molar-refractivity contribution in [3.63, 3.8) is 0 Å². The molecule has 196 valence electrons. The van der Waals surface area contributed by atoms with Crippen LogP contribution in [0.4, 0.5) is 0 Å². The molecule has 2 fully saturated rings. The van der Waals surface area contributed by atoms with Gasteiger partial charge in [0.25, 0.3) is 6.47 Å². The average molecular weight is 491 g/mol. The normalized spacial score (nSPS) is 37.0. The second kappa shape index (κ2) is 13.0. The lowest BCUT2D eigenvalue weighted by Crippen LogP contribution is -2.44. The summed E-state index contributed by atoms with van der Waals surface area (Å²) in [6, 6.07) is 0. The van der Waals surface area contributed by atoms with E-state index in [1.54, 1.807) is 0 Å². The van der Waals surface area contributed by atoms with Crippen LogP contribution in [0.25, 0.3) is 0 Å². The number of allylic oxidation sites excluding steroid dienone is 3. The van der Waals surface area contributed by atoms with Crippen molar-refractivity contribution in [2.24, 2.45) is 23.7 Å². The Morgan fingerprint density at radius 1 is 1.31 bits per heavy atom. The van der Waals surface area contributed by atoms with Gasteiger partial charge in [0.15, 0.2) is 0 Å². The fraction of sp³-hybridized carbons (Fsp3) is 0.679. The molecule has 0 aromatic rings. The molecule has 2 aliphatic heterocycles. The Labute approximate surface area is 209 Å². The number of aliphatic hydroxyl groups is 1. The molecule has 35 heavy (non-hydrogen) atoms. The van der Waals surface area contributed by atoms with Crippen molar-refractivity contribution in [2.45, 2.75) is 84.4 Å². The van der Waals surface area contributed by atoms with Crippen LogP contribution < -0.4 is 0 Å². The second-order valence-electron chi connectivity index (χ2n) is 10.5. The van der Waals surface area contributed by atoms with E-state index in [-0.39, 0.29) is 42.2 Å². The zero-order valence-corrected chi connectivity index (χ0v) is 21.6. The standard InChI is InChI=1S/C28H42O7/c1-17(27(30)18(2)9-10-23-13-24(33-16-29)12-21(5)34-23)7-6-8-22-14-32-15-25-26(22)19(3)11-20(4)28(25)35-31/h6-9,11,16-17,19,21,23-28,30-31H,10,12-15H2,1-5H3/b7-6+,18-9+,22-8+/t17-,19?,21?,23?,24?,25?,26?,27-,28?/m0/s1. The maximum Gasteiger partial charge on any atom is 0.293 e. The largest absolute Gasteiger partial charge is 0.464 e. The van der Waals surface area contributed by atoms with Gasteiger partial charge in [0, 0.05) is 24.7 Å². The summed E-state index contributed by atoms with van der Waals surface area (Å²) in [6.45, 7) is 11.7. The average Bonchev–Trinajstić information content (AvgIpc) is 2.82. The van der Waals surface area contributed by atoms with Crippen molar-refractivity contribution in [1.29, 1.82) is 0 Å². The van der Waals surface area contributed by atoms with Crippen LogP contribution in [0.2, 0.25) is 0 Å². The molecule has 0 amide bonds. The van der Waals surface area contributed by atoms with Crippen LogP contribution in [-0.2, 0) is 23.9 Å². The molecule has 0 radical (unpaired) electrons. The van der Waals surface area contributed by atoms with Gasteiger partial charge in [0.2, 0.25) is 0 Å². The van der Waals surface area contributed by atoms with Crippen molar-refractivity contribution in [2.75, 3.05) is 13.2 Å². The van der Waals surface area contributed by atoms with Crippen LogP contribution in [-0.4, -0.2) is 60.6 Å². The molecular weight excluding hydrogens is 448 g/mol. The molecule has 1 aliphatic carbocycles. The van der Waals surface area contributed by atoms with Crippen LogP contribution in [0.1, 0.15) is 53.9 Å². The van der Waals surface area contributed by atoms with Gasteiger partial charge in [-0.2, -0.15) is 0 Å². The van der Waals surface area contributed by atoms with Gasteiger partial charge < -0.3 is 19.3 Å². The van der Waals surface area contributed by atoms with Gasteiger partial charge in [-0.3, -0.25) is 10.1 Å². The van der Waals surface area contributed by atoms with Gasteiger partial charge in [-0.05, 0) is 55.7 Å². The van der Waals surface area contributed by atoms with E-state index >= 15 is 0 Å². The zero-order valence-electron chi connectivity index (χ0n) is 21.6. The molecule has 2 saturated heterocycles. The first-order valence-electron chi connectivity index (χ1n) is 12.8.